The number of thiophene rings is 1. The van der Waals surface area contributed by atoms with Gasteiger partial charge in [0.25, 0.3) is 5.91 Å². The highest BCUT2D eigenvalue weighted by molar-refractivity contribution is 9.11. The van der Waals surface area contributed by atoms with Crippen molar-refractivity contribution in [1.82, 2.24) is 10.2 Å². The molecule has 132 valence electrons. The smallest absolute Gasteiger partial charge is 0.262 e. The van der Waals surface area contributed by atoms with Gasteiger partial charge in [0, 0.05) is 12.1 Å². The summed E-state index contributed by atoms with van der Waals surface area (Å²) in [6.45, 7) is 4.10. The third-order valence-electron chi connectivity index (χ3n) is 5.09. The Labute approximate surface area is 156 Å². The second-order valence-corrected chi connectivity index (χ2v) is 9.65. The first kappa shape index (κ1) is 17.9. The van der Waals surface area contributed by atoms with Crippen LogP contribution >= 0.6 is 27.3 Å². The number of nitrogens with one attached hydrogen (secondary N) is 1. The molecule has 3 rings (SSSR count). The van der Waals surface area contributed by atoms with E-state index in [1.54, 1.807) is 6.07 Å². The van der Waals surface area contributed by atoms with Gasteiger partial charge in [0.2, 0.25) is 5.91 Å². The Morgan fingerprint density at radius 2 is 1.75 bits per heavy atom. The lowest BCUT2D eigenvalue weighted by Crippen LogP contribution is -2.52. The SMILES string of the molecule is CC1CCC(N(C(=O)[C@@H](C)NC(=O)c2ccc(Br)s2)C2CC2)CC1. The highest BCUT2D eigenvalue weighted by atomic mass is 79.9. The number of rotatable bonds is 5. The Morgan fingerprint density at radius 1 is 1.17 bits per heavy atom. The standard InChI is InChI=1S/C18H25BrN2O2S/c1-11-3-5-13(6-4-11)21(14-7-8-14)18(23)12(2)20-17(22)15-9-10-16(19)24-15/h9-14H,3-8H2,1-2H3,(H,20,22)/t11?,12-,13?/m1/s1. The second-order valence-electron chi connectivity index (χ2n) is 7.19. The van der Waals surface area contributed by atoms with E-state index < -0.39 is 6.04 Å². The van der Waals surface area contributed by atoms with Gasteiger partial charge in [0.1, 0.15) is 6.04 Å². The molecule has 0 radical (unpaired) electrons. The molecule has 2 aliphatic rings. The molecule has 4 nitrogen and oxygen atoms in total. The van der Waals surface area contributed by atoms with Crippen molar-refractivity contribution in [2.45, 2.75) is 70.5 Å². The molecule has 1 heterocycles. The topological polar surface area (TPSA) is 49.4 Å². The zero-order valence-corrected chi connectivity index (χ0v) is 16.7. The summed E-state index contributed by atoms with van der Waals surface area (Å²) in [5, 5.41) is 2.88. The van der Waals surface area contributed by atoms with Crippen LogP contribution in [0.25, 0.3) is 0 Å². The van der Waals surface area contributed by atoms with Crippen molar-refractivity contribution in [2.24, 2.45) is 5.92 Å². The number of carbonyl (C=O) groups is 2. The van der Waals surface area contributed by atoms with Crippen molar-refractivity contribution >= 4 is 39.1 Å². The second kappa shape index (κ2) is 7.56. The van der Waals surface area contributed by atoms with Crippen LogP contribution in [-0.2, 0) is 4.79 Å². The molecule has 1 atom stereocenters. The predicted octanol–water partition coefficient (Wildman–Crippen LogP) is 4.20. The molecule has 6 heteroatoms. The van der Waals surface area contributed by atoms with Crippen molar-refractivity contribution in [2.75, 3.05) is 0 Å². The molecule has 1 aromatic heterocycles. The van der Waals surface area contributed by atoms with Gasteiger partial charge in [-0.3, -0.25) is 9.59 Å². The van der Waals surface area contributed by atoms with Gasteiger partial charge >= 0.3 is 0 Å². The molecular weight excluding hydrogens is 388 g/mol. The molecule has 0 aliphatic heterocycles. The number of amides is 2. The minimum atomic E-state index is -0.474. The zero-order chi connectivity index (χ0) is 17.3. The fraction of sp³-hybridized carbons (Fsp3) is 0.667. The van der Waals surface area contributed by atoms with Crippen LogP contribution in [0.5, 0.6) is 0 Å². The van der Waals surface area contributed by atoms with Gasteiger partial charge in [0.15, 0.2) is 0 Å². The maximum Gasteiger partial charge on any atom is 0.262 e. The first-order chi connectivity index (χ1) is 11.5. The average Bonchev–Trinajstić information content (AvgIpc) is 3.29. The van der Waals surface area contributed by atoms with E-state index in [0.717, 1.165) is 35.4 Å². The van der Waals surface area contributed by atoms with Crippen LogP contribution in [0.3, 0.4) is 0 Å². The Balaban J connectivity index is 1.63. The molecular formula is C18H25BrN2O2S. The van der Waals surface area contributed by atoms with Crippen molar-refractivity contribution < 1.29 is 9.59 Å². The summed E-state index contributed by atoms with van der Waals surface area (Å²) in [5.41, 5.74) is 0. The van der Waals surface area contributed by atoms with Crippen molar-refractivity contribution in [1.29, 1.82) is 0 Å². The van der Waals surface area contributed by atoms with Crippen LogP contribution in [-0.4, -0.2) is 34.8 Å². The van der Waals surface area contributed by atoms with E-state index in [0.29, 0.717) is 17.0 Å². The van der Waals surface area contributed by atoms with Crippen LogP contribution in [0.2, 0.25) is 0 Å². The first-order valence-electron chi connectivity index (χ1n) is 8.84. The first-order valence-corrected chi connectivity index (χ1v) is 10.4. The number of hydrogen-bond acceptors (Lipinski definition) is 3. The summed E-state index contributed by atoms with van der Waals surface area (Å²) in [5.74, 6) is 0.687. The molecule has 2 amide bonds. The predicted molar refractivity (Wildman–Crippen MR) is 100 cm³/mol. The van der Waals surface area contributed by atoms with Crippen LogP contribution in [0.1, 0.15) is 62.0 Å². The molecule has 0 unspecified atom stereocenters. The summed E-state index contributed by atoms with van der Waals surface area (Å²) in [7, 11) is 0. The lowest BCUT2D eigenvalue weighted by molar-refractivity contribution is -0.136. The Kier molecular flexibility index (Phi) is 5.65. The van der Waals surface area contributed by atoms with E-state index in [4.69, 9.17) is 0 Å². The van der Waals surface area contributed by atoms with Gasteiger partial charge in [-0.1, -0.05) is 6.92 Å². The Morgan fingerprint density at radius 3 is 2.25 bits per heavy atom. The maximum absolute atomic E-state index is 13.0. The van der Waals surface area contributed by atoms with E-state index in [1.165, 1.54) is 24.2 Å². The summed E-state index contributed by atoms with van der Waals surface area (Å²) >= 11 is 4.75. The molecule has 2 aliphatic carbocycles. The summed E-state index contributed by atoms with van der Waals surface area (Å²) in [4.78, 5) is 28.0. The molecule has 0 bridgehead atoms. The van der Waals surface area contributed by atoms with Crippen LogP contribution in [0, 0.1) is 5.92 Å². The van der Waals surface area contributed by atoms with Gasteiger partial charge in [0.05, 0.1) is 8.66 Å². The summed E-state index contributed by atoms with van der Waals surface area (Å²) in [6, 6.07) is 3.91. The summed E-state index contributed by atoms with van der Waals surface area (Å²) in [6.07, 6.45) is 6.81. The van der Waals surface area contributed by atoms with Crippen LogP contribution in [0.4, 0.5) is 0 Å². The number of carbonyl (C=O) groups excluding carboxylic acids is 2. The lowest BCUT2D eigenvalue weighted by atomic mass is 9.86. The minimum Gasteiger partial charge on any atom is -0.340 e. The van der Waals surface area contributed by atoms with Crippen molar-refractivity contribution in [3.63, 3.8) is 0 Å². The zero-order valence-electron chi connectivity index (χ0n) is 14.3. The van der Waals surface area contributed by atoms with Crippen molar-refractivity contribution in [3.05, 3.63) is 20.8 Å². The monoisotopic (exact) mass is 412 g/mol. The molecule has 1 N–H and O–H groups in total. The molecule has 1 aromatic rings. The third-order valence-corrected chi connectivity index (χ3v) is 6.71. The van der Waals surface area contributed by atoms with E-state index in [-0.39, 0.29) is 11.8 Å². The summed E-state index contributed by atoms with van der Waals surface area (Å²) < 4.78 is 0.919. The Bertz CT molecular complexity index is 606. The highest BCUT2D eigenvalue weighted by Crippen LogP contribution is 2.35. The number of halogens is 1. The minimum absolute atomic E-state index is 0.0843. The van der Waals surface area contributed by atoms with Gasteiger partial charge in [-0.05, 0) is 79.4 Å². The van der Waals surface area contributed by atoms with Gasteiger partial charge in [-0.15, -0.1) is 11.3 Å². The van der Waals surface area contributed by atoms with Crippen molar-refractivity contribution in [3.8, 4) is 0 Å². The fourth-order valence-corrected chi connectivity index (χ4v) is 4.81. The third kappa shape index (κ3) is 4.20. The van der Waals surface area contributed by atoms with Crippen LogP contribution < -0.4 is 5.32 Å². The van der Waals surface area contributed by atoms with Gasteiger partial charge in [-0.2, -0.15) is 0 Å². The van der Waals surface area contributed by atoms with Crippen LogP contribution in [0.15, 0.2) is 15.9 Å². The van der Waals surface area contributed by atoms with Gasteiger partial charge < -0.3 is 10.2 Å². The molecule has 0 aromatic carbocycles. The quantitative estimate of drug-likeness (QED) is 0.787. The van der Waals surface area contributed by atoms with E-state index >= 15 is 0 Å². The largest absolute Gasteiger partial charge is 0.340 e. The molecule has 0 spiro atoms. The van der Waals surface area contributed by atoms with E-state index in [2.05, 4.69) is 33.1 Å². The van der Waals surface area contributed by atoms with Gasteiger partial charge in [-0.25, -0.2) is 0 Å². The number of hydrogen-bond donors (Lipinski definition) is 1. The molecule has 24 heavy (non-hydrogen) atoms. The maximum atomic E-state index is 13.0. The number of nitrogens with zero attached hydrogens (tertiary/aromatic N) is 1. The molecule has 0 saturated heterocycles. The van der Waals surface area contributed by atoms with E-state index in [1.807, 2.05) is 13.0 Å². The fourth-order valence-electron chi connectivity index (χ4n) is 3.52. The highest BCUT2D eigenvalue weighted by Gasteiger charge is 2.40. The van der Waals surface area contributed by atoms with E-state index in [9.17, 15) is 9.59 Å². The Hall–Kier alpha value is -0.880. The molecule has 2 saturated carbocycles. The average molecular weight is 413 g/mol. The lowest BCUT2D eigenvalue weighted by Gasteiger charge is -2.38. The normalized spacial score (nSPS) is 25.1. The molecule has 2 fully saturated rings.